The first-order valence-corrected chi connectivity index (χ1v) is 4.84. The zero-order valence-electron chi connectivity index (χ0n) is 8.16. The lowest BCUT2D eigenvalue weighted by Crippen LogP contribution is -2.20. The van der Waals surface area contributed by atoms with Gasteiger partial charge in [-0.05, 0) is 30.7 Å². The van der Waals surface area contributed by atoms with Crippen LogP contribution in [0.2, 0.25) is 0 Å². The highest BCUT2D eigenvalue weighted by Gasteiger charge is 2.28. The number of rotatable bonds is 2. The van der Waals surface area contributed by atoms with Crippen LogP contribution < -0.4 is 10.5 Å². The summed E-state index contributed by atoms with van der Waals surface area (Å²) < 4.78 is 18.5. The molecule has 2 rings (SSSR count). The van der Waals surface area contributed by atoms with E-state index in [9.17, 15) is 4.39 Å². The summed E-state index contributed by atoms with van der Waals surface area (Å²) in [6.45, 7) is 3.29. The van der Waals surface area contributed by atoms with Crippen molar-refractivity contribution in [3.8, 4) is 5.75 Å². The van der Waals surface area contributed by atoms with E-state index in [4.69, 9.17) is 10.5 Å². The molecule has 14 heavy (non-hydrogen) atoms. The molecule has 2 atom stereocenters. The van der Waals surface area contributed by atoms with Crippen LogP contribution in [0.5, 0.6) is 5.75 Å². The molecule has 0 bridgehead atoms. The molecule has 1 aliphatic heterocycles. The molecule has 0 aliphatic carbocycles. The van der Waals surface area contributed by atoms with Crippen molar-refractivity contribution >= 4 is 0 Å². The van der Waals surface area contributed by atoms with E-state index in [-0.39, 0.29) is 11.7 Å². The lowest BCUT2D eigenvalue weighted by atomic mass is 9.89. The molecular weight excluding hydrogens is 181 g/mol. The molecule has 1 aromatic rings. The van der Waals surface area contributed by atoms with Crippen LogP contribution in [0.3, 0.4) is 0 Å². The van der Waals surface area contributed by atoms with E-state index in [0.717, 1.165) is 11.3 Å². The number of nitrogens with two attached hydrogens (primary N) is 1. The lowest BCUT2D eigenvalue weighted by molar-refractivity contribution is 0.299. The predicted molar refractivity (Wildman–Crippen MR) is 52.9 cm³/mol. The number of halogens is 1. The highest BCUT2D eigenvalue weighted by atomic mass is 19.1. The van der Waals surface area contributed by atoms with Gasteiger partial charge < -0.3 is 10.5 Å². The van der Waals surface area contributed by atoms with Crippen LogP contribution in [0.1, 0.15) is 18.4 Å². The number of hydrogen-bond acceptors (Lipinski definition) is 2. The third-order valence-electron chi connectivity index (χ3n) is 2.85. The van der Waals surface area contributed by atoms with Gasteiger partial charge in [-0.15, -0.1) is 0 Å². The van der Waals surface area contributed by atoms with Crippen molar-refractivity contribution in [1.82, 2.24) is 0 Å². The molecule has 3 heteroatoms. The summed E-state index contributed by atoms with van der Waals surface area (Å²) in [5.41, 5.74) is 6.56. The molecule has 0 saturated heterocycles. The standard InChI is InChI=1S/C11H14FNO/c1-7(5-13)10-6-14-11-3-2-8(12)4-9(10)11/h2-4,7,10H,5-6,13H2,1H3. The van der Waals surface area contributed by atoms with Gasteiger partial charge in [-0.1, -0.05) is 6.92 Å². The van der Waals surface area contributed by atoms with E-state index in [1.165, 1.54) is 6.07 Å². The molecule has 76 valence electrons. The first-order chi connectivity index (χ1) is 6.72. The minimum absolute atomic E-state index is 0.205. The summed E-state index contributed by atoms with van der Waals surface area (Å²) >= 11 is 0. The normalized spacial score (nSPS) is 21.5. The third kappa shape index (κ3) is 1.48. The Morgan fingerprint density at radius 2 is 2.43 bits per heavy atom. The molecule has 2 unspecified atom stereocenters. The molecule has 0 saturated carbocycles. The molecule has 0 radical (unpaired) electrons. The maximum absolute atomic E-state index is 13.0. The average molecular weight is 195 g/mol. The van der Waals surface area contributed by atoms with Crippen molar-refractivity contribution in [2.24, 2.45) is 11.7 Å². The highest BCUT2D eigenvalue weighted by molar-refractivity contribution is 5.40. The van der Waals surface area contributed by atoms with Crippen molar-refractivity contribution in [2.45, 2.75) is 12.8 Å². The van der Waals surface area contributed by atoms with Crippen LogP contribution in [-0.4, -0.2) is 13.2 Å². The average Bonchev–Trinajstić information content (AvgIpc) is 2.59. The third-order valence-corrected chi connectivity index (χ3v) is 2.85. The Kier molecular flexibility index (Phi) is 2.42. The van der Waals surface area contributed by atoms with Gasteiger partial charge in [0.15, 0.2) is 0 Å². The van der Waals surface area contributed by atoms with E-state index in [1.54, 1.807) is 12.1 Å². The van der Waals surface area contributed by atoms with E-state index >= 15 is 0 Å². The summed E-state index contributed by atoms with van der Waals surface area (Å²) in [5, 5.41) is 0. The van der Waals surface area contributed by atoms with Crippen LogP contribution in [0.15, 0.2) is 18.2 Å². The van der Waals surface area contributed by atoms with Crippen molar-refractivity contribution < 1.29 is 9.13 Å². The maximum Gasteiger partial charge on any atom is 0.123 e. The Balaban J connectivity index is 2.33. The predicted octanol–water partition coefficient (Wildman–Crippen LogP) is 1.90. The number of hydrogen-bond donors (Lipinski definition) is 1. The topological polar surface area (TPSA) is 35.2 Å². The number of benzene rings is 1. The largest absolute Gasteiger partial charge is 0.493 e. The SMILES string of the molecule is CC(CN)C1COc2ccc(F)cc21. The quantitative estimate of drug-likeness (QED) is 0.782. The van der Waals surface area contributed by atoms with Gasteiger partial charge in [0.25, 0.3) is 0 Å². The molecular formula is C11H14FNO. The first kappa shape index (κ1) is 9.46. The van der Waals surface area contributed by atoms with E-state index in [2.05, 4.69) is 6.92 Å². The smallest absolute Gasteiger partial charge is 0.123 e. The highest BCUT2D eigenvalue weighted by Crippen LogP contribution is 2.38. The van der Waals surface area contributed by atoms with E-state index in [1.807, 2.05) is 0 Å². The van der Waals surface area contributed by atoms with Gasteiger partial charge in [0, 0.05) is 11.5 Å². The summed E-state index contributed by atoms with van der Waals surface area (Å²) in [5.74, 6) is 1.17. The van der Waals surface area contributed by atoms with Gasteiger partial charge in [-0.3, -0.25) is 0 Å². The van der Waals surface area contributed by atoms with Gasteiger partial charge in [-0.25, -0.2) is 4.39 Å². The lowest BCUT2D eigenvalue weighted by Gasteiger charge is -2.15. The minimum atomic E-state index is -0.205. The Morgan fingerprint density at radius 3 is 3.14 bits per heavy atom. The number of ether oxygens (including phenoxy) is 1. The first-order valence-electron chi connectivity index (χ1n) is 4.84. The molecule has 2 N–H and O–H groups in total. The van der Waals surface area contributed by atoms with E-state index < -0.39 is 0 Å². The molecule has 0 spiro atoms. The maximum atomic E-state index is 13.0. The fourth-order valence-electron chi connectivity index (χ4n) is 1.84. The van der Waals surface area contributed by atoms with Gasteiger partial charge >= 0.3 is 0 Å². The molecule has 0 aromatic heterocycles. The van der Waals surface area contributed by atoms with Crippen LogP contribution >= 0.6 is 0 Å². The molecule has 1 heterocycles. The van der Waals surface area contributed by atoms with Crippen LogP contribution in [0.4, 0.5) is 4.39 Å². The Hall–Kier alpha value is -1.09. The molecule has 0 fully saturated rings. The Labute approximate surface area is 82.9 Å². The van der Waals surface area contributed by atoms with Crippen molar-refractivity contribution in [2.75, 3.05) is 13.2 Å². The fourth-order valence-corrected chi connectivity index (χ4v) is 1.84. The summed E-state index contributed by atoms with van der Waals surface area (Å²) in [4.78, 5) is 0. The molecule has 1 aliphatic rings. The van der Waals surface area contributed by atoms with Gasteiger partial charge in [0.05, 0.1) is 6.61 Å². The van der Waals surface area contributed by atoms with Crippen LogP contribution in [0.25, 0.3) is 0 Å². The second kappa shape index (κ2) is 3.58. The fraction of sp³-hybridized carbons (Fsp3) is 0.455. The van der Waals surface area contributed by atoms with Crippen molar-refractivity contribution in [3.63, 3.8) is 0 Å². The minimum Gasteiger partial charge on any atom is -0.493 e. The Morgan fingerprint density at radius 1 is 1.64 bits per heavy atom. The van der Waals surface area contributed by atoms with Crippen LogP contribution in [-0.2, 0) is 0 Å². The number of fused-ring (bicyclic) bond motifs is 1. The molecule has 1 aromatic carbocycles. The Bertz CT molecular complexity index is 340. The van der Waals surface area contributed by atoms with Gasteiger partial charge in [0.2, 0.25) is 0 Å². The second-order valence-electron chi connectivity index (χ2n) is 3.81. The summed E-state index contributed by atoms with van der Waals surface area (Å²) in [6, 6.07) is 4.67. The monoisotopic (exact) mass is 195 g/mol. The summed E-state index contributed by atoms with van der Waals surface area (Å²) in [6.07, 6.45) is 0. The second-order valence-corrected chi connectivity index (χ2v) is 3.81. The molecule has 0 amide bonds. The van der Waals surface area contributed by atoms with Crippen molar-refractivity contribution in [1.29, 1.82) is 0 Å². The van der Waals surface area contributed by atoms with Crippen molar-refractivity contribution in [3.05, 3.63) is 29.6 Å². The van der Waals surface area contributed by atoms with Crippen LogP contribution in [0, 0.1) is 11.7 Å². The van der Waals surface area contributed by atoms with Gasteiger partial charge in [-0.2, -0.15) is 0 Å². The zero-order chi connectivity index (χ0) is 10.1. The zero-order valence-corrected chi connectivity index (χ0v) is 8.16. The van der Waals surface area contributed by atoms with Gasteiger partial charge in [0.1, 0.15) is 11.6 Å². The molecule has 2 nitrogen and oxygen atoms in total. The van der Waals surface area contributed by atoms with E-state index in [0.29, 0.717) is 19.1 Å². The summed E-state index contributed by atoms with van der Waals surface area (Å²) in [7, 11) is 0.